The molecule has 0 bridgehead atoms. The summed E-state index contributed by atoms with van der Waals surface area (Å²) >= 11 is 1.76. The van der Waals surface area contributed by atoms with E-state index < -0.39 is 6.61 Å². The lowest BCUT2D eigenvalue weighted by molar-refractivity contribution is -0.0498. The number of nitrogens with one attached hydrogen (secondary N) is 1. The van der Waals surface area contributed by atoms with E-state index in [-0.39, 0.29) is 11.8 Å². The van der Waals surface area contributed by atoms with Crippen molar-refractivity contribution < 1.29 is 13.5 Å². The molecule has 0 saturated heterocycles. The van der Waals surface area contributed by atoms with Gasteiger partial charge in [0.05, 0.1) is 6.04 Å². The number of halogens is 2. The lowest BCUT2D eigenvalue weighted by Gasteiger charge is -2.14. The largest absolute Gasteiger partial charge is 0.435 e. The first kappa shape index (κ1) is 14.8. The van der Waals surface area contributed by atoms with Crippen LogP contribution >= 0.6 is 11.3 Å². The van der Waals surface area contributed by atoms with Crippen molar-refractivity contribution in [3.05, 3.63) is 46.2 Å². The Bertz CT molecular complexity index is 556. The molecule has 108 valence electrons. The lowest BCUT2D eigenvalue weighted by Crippen LogP contribution is -2.06. The molecule has 0 aliphatic rings. The monoisotopic (exact) mass is 297 g/mol. The zero-order chi connectivity index (χ0) is 14.5. The fourth-order valence-corrected chi connectivity index (χ4v) is 2.86. The van der Waals surface area contributed by atoms with Crippen molar-refractivity contribution in [1.29, 1.82) is 0 Å². The second-order valence-corrected chi connectivity index (χ2v) is 5.63. The van der Waals surface area contributed by atoms with E-state index in [2.05, 4.69) is 29.1 Å². The molecule has 0 saturated carbocycles. The van der Waals surface area contributed by atoms with Gasteiger partial charge in [-0.25, -0.2) is 0 Å². The van der Waals surface area contributed by atoms with E-state index in [1.807, 2.05) is 13.0 Å². The summed E-state index contributed by atoms with van der Waals surface area (Å²) in [7, 11) is 0. The van der Waals surface area contributed by atoms with Crippen LogP contribution in [0.3, 0.4) is 0 Å². The van der Waals surface area contributed by atoms with Gasteiger partial charge in [-0.1, -0.05) is 13.0 Å². The Morgan fingerprint density at radius 3 is 2.70 bits per heavy atom. The van der Waals surface area contributed by atoms with Gasteiger partial charge in [0.1, 0.15) is 5.75 Å². The molecule has 2 nitrogen and oxygen atoms in total. The third kappa shape index (κ3) is 3.93. The average Bonchev–Trinajstić information content (AvgIpc) is 2.87. The van der Waals surface area contributed by atoms with Crippen LogP contribution in [0.1, 0.15) is 29.6 Å². The highest BCUT2D eigenvalue weighted by atomic mass is 32.1. The standard InChI is InChI=1S/C15H17F2NOS/c1-3-13-7-8-14(20-13)10(2)18-11-5-4-6-12(9-11)19-15(16)17/h4-10,15,18H,3H2,1-2H3. The number of ether oxygens (including phenoxy) is 1. The molecular formula is C15H17F2NOS. The molecular weight excluding hydrogens is 280 g/mol. The van der Waals surface area contributed by atoms with Gasteiger partial charge in [0, 0.05) is 21.5 Å². The van der Waals surface area contributed by atoms with Crippen molar-refractivity contribution in [3.8, 4) is 5.75 Å². The Kier molecular flexibility index (Phi) is 4.95. The molecule has 0 amide bonds. The van der Waals surface area contributed by atoms with Crippen LogP contribution in [-0.4, -0.2) is 6.61 Å². The van der Waals surface area contributed by atoms with Gasteiger partial charge in [-0.15, -0.1) is 11.3 Å². The Morgan fingerprint density at radius 1 is 1.25 bits per heavy atom. The molecule has 0 spiro atoms. The second-order valence-electron chi connectivity index (χ2n) is 4.43. The minimum atomic E-state index is -2.80. The maximum absolute atomic E-state index is 12.2. The first-order chi connectivity index (χ1) is 9.58. The van der Waals surface area contributed by atoms with Gasteiger partial charge in [0.15, 0.2) is 0 Å². The maximum Gasteiger partial charge on any atom is 0.387 e. The molecule has 20 heavy (non-hydrogen) atoms. The Labute approximate surface area is 121 Å². The first-order valence-corrected chi connectivity index (χ1v) is 7.30. The molecule has 1 unspecified atom stereocenters. The molecule has 1 aromatic carbocycles. The first-order valence-electron chi connectivity index (χ1n) is 6.48. The summed E-state index contributed by atoms with van der Waals surface area (Å²) in [4.78, 5) is 2.56. The van der Waals surface area contributed by atoms with Crippen molar-refractivity contribution in [3.63, 3.8) is 0 Å². The minimum Gasteiger partial charge on any atom is -0.435 e. The fraction of sp³-hybridized carbons (Fsp3) is 0.333. The number of alkyl halides is 2. The normalized spacial score (nSPS) is 12.4. The third-order valence-corrected chi connectivity index (χ3v) is 4.31. The SMILES string of the molecule is CCc1ccc(C(C)Nc2cccc(OC(F)F)c2)s1. The molecule has 1 aromatic heterocycles. The van der Waals surface area contributed by atoms with Gasteiger partial charge in [0.2, 0.25) is 0 Å². The van der Waals surface area contributed by atoms with Crippen LogP contribution < -0.4 is 10.1 Å². The summed E-state index contributed by atoms with van der Waals surface area (Å²) < 4.78 is 28.8. The van der Waals surface area contributed by atoms with Crippen molar-refractivity contribution in [2.24, 2.45) is 0 Å². The lowest BCUT2D eigenvalue weighted by atomic mass is 10.2. The van der Waals surface area contributed by atoms with Crippen molar-refractivity contribution >= 4 is 17.0 Å². The molecule has 0 aliphatic heterocycles. The summed E-state index contributed by atoms with van der Waals surface area (Å²) in [5.74, 6) is 0.164. The van der Waals surface area contributed by atoms with E-state index in [1.165, 1.54) is 15.8 Å². The van der Waals surface area contributed by atoms with Crippen LogP contribution in [0.4, 0.5) is 14.5 Å². The van der Waals surface area contributed by atoms with Gasteiger partial charge in [0.25, 0.3) is 0 Å². The van der Waals surface area contributed by atoms with Crippen molar-refractivity contribution in [2.75, 3.05) is 5.32 Å². The van der Waals surface area contributed by atoms with Gasteiger partial charge in [-0.2, -0.15) is 8.78 Å². The van der Waals surface area contributed by atoms with Gasteiger partial charge in [-0.3, -0.25) is 0 Å². The van der Waals surface area contributed by atoms with E-state index in [1.54, 1.807) is 23.5 Å². The summed E-state index contributed by atoms with van der Waals surface area (Å²) in [5.41, 5.74) is 0.766. The highest BCUT2D eigenvalue weighted by Gasteiger charge is 2.09. The number of benzene rings is 1. The average molecular weight is 297 g/mol. The second kappa shape index (κ2) is 6.70. The molecule has 5 heteroatoms. The van der Waals surface area contributed by atoms with Crippen LogP contribution in [0.5, 0.6) is 5.75 Å². The van der Waals surface area contributed by atoms with E-state index in [4.69, 9.17) is 0 Å². The number of thiophene rings is 1. The molecule has 1 atom stereocenters. The molecule has 0 aliphatic carbocycles. The van der Waals surface area contributed by atoms with E-state index in [9.17, 15) is 8.78 Å². The van der Waals surface area contributed by atoms with Gasteiger partial charge < -0.3 is 10.1 Å². The number of anilines is 1. The minimum absolute atomic E-state index is 0.127. The summed E-state index contributed by atoms with van der Waals surface area (Å²) in [5, 5.41) is 3.29. The third-order valence-electron chi connectivity index (χ3n) is 2.90. The zero-order valence-corrected chi connectivity index (χ0v) is 12.2. The van der Waals surface area contributed by atoms with Crippen LogP contribution in [0.2, 0.25) is 0 Å². The van der Waals surface area contributed by atoms with Crippen LogP contribution in [0, 0.1) is 0 Å². The van der Waals surface area contributed by atoms with Crippen molar-refractivity contribution in [1.82, 2.24) is 0 Å². The smallest absolute Gasteiger partial charge is 0.387 e. The topological polar surface area (TPSA) is 21.3 Å². The predicted molar refractivity (Wildman–Crippen MR) is 78.8 cm³/mol. The zero-order valence-electron chi connectivity index (χ0n) is 11.4. The summed E-state index contributed by atoms with van der Waals surface area (Å²) in [6.45, 7) is 1.37. The number of hydrogen-bond donors (Lipinski definition) is 1. The highest BCUT2D eigenvalue weighted by Crippen LogP contribution is 2.28. The molecule has 1 heterocycles. The molecule has 0 fully saturated rings. The predicted octanol–water partition coefficient (Wildman–Crippen LogP) is 5.09. The number of rotatable bonds is 6. The van der Waals surface area contributed by atoms with Gasteiger partial charge >= 0.3 is 6.61 Å². The van der Waals surface area contributed by atoms with Crippen LogP contribution in [0.25, 0.3) is 0 Å². The van der Waals surface area contributed by atoms with Crippen LogP contribution in [-0.2, 0) is 6.42 Å². The van der Waals surface area contributed by atoms with Crippen molar-refractivity contribution in [2.45, 2.75) is 32.9 Å². The number of hydrogen-bond acceptors (Lipinski definition) is 3. The Balaban J connectivity index is 2.05. The molecule has 2 rings (SSSR count). The Morgan fingerprint density at radius 2 is 2.05 bits per heavy atom. The van der Waals surface area contributed by atoms with Crippen LogP contribution in [0.15, 0.2) is 36.4 Å². The summed E-state index contributed by atoms with van der Waals surface area (Å²) in [6, 6.07) is 11.0. The Hall–Kier alpha value is -1.62. The summed E-state index contributed by atoms with van der Waals surface area (Å²) in [6.07, 6.45) is 1.02. The maximum atomic E-state index is 12.2. The van der Waals surface area contributed by atoms with E-state index >= 15 is 0 Å². The molecule has 1 N–H and O–H groups in total. The fourth-order valence-electron chi connectivity index (χ4n) is 1.90. The molecule has 0 radical (unpaired) electrons. The number of aryl methyl sites for hydroxylation is 1. The quantitative estimate of drug-likeness (QED) is 0.802. The molecule has 2 aromatic rings. The van der Waals surface area contributed by atoms with E-state index in [0.29, 0.717) is 0 Å². The highest BCUT2D eigenvalue weighted by molar-refractivity contribution is 7.12. The van der Waals surface area contributed by atoms with Gasteiger partial charge in [-0.05, 0) is 37.6 Å². The van der Waals surface area contributed by atoms with E-state index in [0.717, 1.165) is 12.1 Å².